The second-order valence-corrected chi connectivity index (χ2v) is 8.75. The van der Waals surface area contributed by atoms with Crippen LogP contribution >= 0.6 is 0 Å². The van der Waals surface area contributed by atoms with Crippen molar-refractivity contribution < 1.29 is 22.8 Å². The largest absolute Gasteiger partial charge is 0.416 e. The van der Waals surface area contributed by atoms with Crippen LogP contribution in [0.2, 0.25) is 0 Å². The van der Waals surface area contributed by atoms with Gasteiger partial charge in [0.2, 0.25) is 5.91 Å². The quantitative estimate of drug-likeness (QED) is 0.388. The first-order valence-corrected chi connectivity index (χ1v) is 11.5. The lowest BCUT2D eigenvalue weighted by Gasteiger charge is -2.21. The van der Waals surface area contributed by atoms with Gasteiger partial charge in [-0.2, -0.15) is 13.2 Å². The average Bonchev–Trinajstić information content (AvgIpc) is 2.84. The van der Waals surface area contributed by atoms with Crippen molar-refractivity contribution in [2.75, 3.05) is 5.32 Å². The van der Waals surface area contributed by atoms with Gasteiger partial charge in [-0.1, -0.05) is 67.8 Å². The Balaban J connectivity index is 1.49. The highest BCUT2D eigenvalue weighted by atomic mass is 19.4. The molecule has 1 aliphatic carbocycles. The van der Waals surface area contributed by atoms with Crippen LogP contribution in [0.4, 0.5) is 18.9 Å². The first-order valence-electron chi connectivity index (χ1n) is 11.5. The Morgan fingerprint density at radius 2 is 1.53 bits per heavy atom. The zero-order chi connectivity index (χ0) is 24.1. The number of Topliss-reactive ketones (excluding diaryl/α,β-unsaturated/α-hetero) is 1. The summed E-state index contributed by atoms with van der Waals surface area (Å²) in [4.78, 5) is 25.8. The third-order valence-corrected chi connectivity index (χ3v) is 6.30. The standard InChI is InChI=1S/C28H26F3NO2/c29-28(30,31)23-15-13-20(14-16-23)22-10-6-7-19(17-22)18-26(33)24-11-4-5-12-25(24)32-27(34)21-8-2-1-3-9-21/h4-7,10-17,21H,1-3,8-9,18H2,(H,32,34). The van der Waals surface area contributed by atoms with Gasteiger partial charge in [0.1, 0.15) is 0 Å². The van der Waals surface area contributed by atoms with Crippen molar-refractivity contribution in [1.82, 2.24) is 0 Å². The lowest BCUT2D eigenvalue weighted by Crippen LogP contribution is -2.25. The molecule has 0 radical (unpaired) electrons. The fourth-order valence-corrected chi connectivity index (χ4v) is 4.43. The van der Waals surface area contributed by atoms with Crippen LogP contribution in [-0.2, 0) is 17.4 Å². The zero-order valence-electron chi connectivity index (χ0n) is 18.7. The molecule has 0 saturated heterocycles. The number of alkyl halides is 3. The summed E-state index contributed by atoms with van der Waals surface area (Å²) in [6.45, 7) is 0. The van der Waals surface area contributed by atoms with Crippen molar-refractivity contribution in [3.63, 3.8) is 0 Å². The summed E-state index contributed by atoms with van der Waals surface area (Å²) in [6.07, 6.45) is 0.737. The van der Waals surface area contributed by atoms with Gasteiger partial charge in [-0.3, -0.25) is 9.59 Å². The van der Waals surface area contributed by atoms with E-state index in [0.717, 1.165) is 55.4 Å². The van der Waals surface area contributed by atoms with E-state index >= 15 is 0 Å². The van der Waals surface area contributed by atoms with E-state index in [4.69, 9.17) is 0 Å². The number of nitrogens with one attached hydrogen (secondary N) is 1. The van der Waals surface area contributed by atoms with Gasteiger partial charge in [-0.25, -0.2) is 0 Å². The maximum Gasteiger partial charge on any atom is 0.416 e. The number of benzene rings is 3. The molecule has 0 bridgehead atoms. The summed E-state index contributed by atoms with van der Waals surface area (Å²) < 4.78 is 38.5. The number of para-hydroxylation sites is 1. The monoisotopic (exact) mass is 465 g/mol. The highest BCUT2D eigenvalue weighted by Gasteiger charge is 2.30. The van der Waals surface area contributed by atoms with E-state index in [9.17, 15) is 22.8 Å². The van der Waals surface area contributed by atoms with Gasteiger partial charge < -0.3 is 5.32 Å². The maximum absolute atomic E-state index is 13.1. The molecule has 1 N–H and O–H groups in total. The number of anilines is 1. The van der Waals surface area contributed by atoms with Crippen molar-refractivity contribution in [2.45, 2.75) is 44.7 Å². The van der Waals surface area contributed by atoms with Crippen LogP contribution in [0, 0.1) is 5.92 Å². The van der Waals surface area contributed by atoms with Crippen molar-refractivity contribution in [3.8, 4) is 11.1 Å². The first kappa shape index (κ1) is 23.7. The fraction of sp³-hybridized carbons (Fsp3) is 0.286. The molecule has 6 heteroatoms. The predicted octanol–water partition coefficient (Wildman–Crippen LogP) is 7.32. The van der Waals surface area contributed by atoms with Gasteiger partial charge >= 0.3 is 6.18 Å². The molecule has 0 atom stereocenters. The van der Waals surface area contributed by atoms with Crippen molar-refractivity contribution in [2.24, 2.45) is 5.92 Å². The summed E-state index contributed by atoms with van der Waals surface area (Å²) in [5.41, 5.74) is 2.39. The summed E-state index contributed by atoms with van der Waals surface area (Å²) >= 11 is 0. The number of carbonyl (C=O) groups excluding carboxylic acids is 2. The molecule has 3 aromatic carbocycles. The van der Waals surface area contributed by atoms with E-state index in [2.05, 4.69) is 5.32 Å². The average molecular weight is 466 g/mol. The van der Waals surface area contributed by atoms with Crippen molar-refractivity contribution >= 4 is 17.4 Å². The maximum atomic E-state index is 13.1. The van der Waals surface area contributed by atoms with Crippen molar-refractivity contribution in [3.05, 3.63) is 89.5 Å². The molecular formula is C28H26F3NO2. The Bertz CT molecular complexity index is 1160. The molecule has 1 fully saturated rings. The molecule has 34 heavy (non-hydrogen) atoms. The third-order valence-electron chi connectivity index (χ3n) is 6.30. The van der Waals surface area contributed by atoms with E-state index in [-0.39, 0.29) is 24.0 Å². The summed E-state index contributed by atoms with van der Waals surface area (Å²) in [5, 5.41) is 2.95. The predicted molar refractivity (Wildman–Crippen MR) is 127 cm³/mol. The number of carbonyl (C=O) groups is 2. The Hall–Kier alpha value is -3.41. The molecule has 0 aromatic heterocycles. The molecular weight excluding hydrogens is 439 g/mol. The number of halogens is 3. The number of rotatable bonds is 6. The molecule has 0 unspecified atom stereocenters. The molecule has 1 saturated carbocycles. The van der Waals surface area contributed by atoms with Crippen LogP contribution in [0.15, 0.2) is 72.8 Å². The second-order valence-electron chi connectivity index (χ2n) is 8.75. The fourth-order valence-electron chi connectivity index (χ4n) is 4.43. The molecule has 0 spiro atoms. The molecule has 176 valence electrons. The number of hydrogen-bond donors (Lipinski definition) is 1. The van der Waals surface area contributed by atoms with Gasteiger partial charge in [-0.15, -0.1) is 0 Å². The van der Waals surface area contributed by atoms with E-state index < -0.39 is 11.7 Å². The van der Waals surface area contributed by atoms with Gasteiger partial charge in [0.15, 0.2) is 5.78 Å². The Morgan fingerprint density at radius 1 is 0.824 bits per heavy atom. The Morgan fingerprint density at radius 3 is 2.24 bits per heavy atom. The van der Waals surface area contributed by atoms with Gasteiger partial charge in [0.25, 0.3) is 0 Å². The Kier molecular flexibility index (Phi) is 7.15. The van der Waals surface area contributed by atoms with Crippen LogP contribution in [0.1, 0.15) is 53.6 Å². The molecule has 3 nitrogen and oxygen atoms in total. The van der Waals surface area contributed by atoms with Crippen LogP contribution in [-0.4, -0.2) is 11.7 Å². The van der Waals surface area contributed by atoms with E-state index in [1.807, 2.05) is 12.1 Å². The number of amides is 1. The van der Waals surface area contributed by atoms with Gasteiger partial charge in [-0.05, 0) is 53.8 Å². The lowest BCUT2D eigenvalue weighted by molar-refractivity contribution is -0.137. The molecule has 0 aliphatic heterocycles. The van der Waals surface area contributed by atoms with Gasteiger partial charge in [0, 0.05) is 17.9 Å². The number of hydrogen-bond acceptors (Lipinski definition) is 2. The normalized spacial score (nSPS) is 14.6. The number of ketones is 1. The summed E-state index contributed by atoms with van der Waals surface area (Å²) in [6, 6.07) is 19.2. The minimum absolute atomic E-state index is 0.0164. The van der Waals surface area contributed by atoms with Crippen LogP contribution in [0.3, 0.4) is 0 Å². The van der Waals surface area contributed by atoms with Crippen LogP contribution in [0.5, 0.6) is 0 Å². The second kappa shape index (κ2) is 10.2. The van der Waals surface area contributed by atoms with Gasteiger partial charge in [0.05, 0.1) is 11.3 Å². The highest BCUT2D eigenvalue weighted by Crippen LogP contribution is 2.31. The van der Waals surface area contributed by atoms with E-state index in [1.165, 1.54) is 12.1 Å². The SMILES string of the molecule is O=C(Cc1cccc(-c2ccc(C(F)(F)F)cc2)c1)c1ccccc1NC(=O)C1CCCCC1. The molecule has 3 aromatic rings. The van der Waals surface area contributed by atoms with E-state index in [0.29, 0.717) is 16.8 Å². The smallest absolute Gasteiger partial charge is 0.325 e. The first-order chi connectivity index (χ1) is 16.3. The molecule has 0 heterocycles. The van der Waals surface area contributed by atoms with Crippen molar-refractivity contribution in [1.29, 1.82) is 0 Å². The summed E-state index contributed by atoms with van der Waals surface area (Å²) in [7, 11) is 0. The minimum atomic E-state index is -4.38. The topological polar surface area (TPSA) is 46.2 Å². The van der Waals surface area contributed by atoms with Crippen LogP contribution in [0.25, 0.3) is 11.1 Å². The Labute approximate surface area is 197 Å². The van der Waals surface area contributed by atoms with E-state index in [1.54, 1.807) is 36.4 Å². The highest BCUT2D eigenvalue weighted by molar-refractivity contribution is 6.06. The van der Waals surface area contributed by atoms with Crippen LogP contribution < -0.4 is 5.32 Å². The minimum Gasteiger partial charge on any atom is -0.325 e. The molecule has 1 aliphatic rings. The third kappa shape index (κ3) is 5.74. The zero-order valence-corrected chi connectivity index (χ0v) is 18.7. The summed E-state index contributed by atoms with van der Waals surface area (Å²) in [5.74, 6) is -0.189. The lowest BCUT2D eigenvalue weighted by atomic mass is 9.88. The molecule has 4 rings (SSSR count). The molecule has 1 amide bonds.